The van der Waals surface area contributed by atoms with Crippen LogP contribution in [0.25, 0.3) is 0 Å². The van der Waals surface area contributed by atoms with Gasteiger partial charge in [0.2, 0.25) is 0 Å². The fourth-order valence-corrected chi connectivity index (χ4v) is 5.64. The molecule has 8 nitrogen and oxygen atoms in total. The third kappa shape index (κ3) is 4.80. The molecule has 3 aromatic rings. The molecule has 0 aliphatic carbocycles. The van der Waals surface area contributed by atoms with Crippen molar-refractivity contribution in [2.45, 2.75) is 45.6 Å². The number of carbonyl (C=O) groups is 2. The van der Waals surface area contributed by atoms with Crippen molar-refractivity contribution in [2.75, 3.05) is 36.0 Å². The van der Waals surface area contributed by atoms with Crippen LogP contribution in [0.1, 0.15) is 59.9 Å². The summed E-state index contributed by atoms with van der Waals surface area (Å²) >= 11 is 5.89. The second-order valence-corrected chi connectivity index (χ2v) is 11.9. The van der Waals surface area contributed by atoms with Crippen LogP contribution in [-0.4, -0.2) is 63.6 Å². The molecular formula is C29H31ClFN5O3. The van der Waals surface area contributed by atoms with Gasteiger partial charge in [0.25, 0.3) is 5.91 Å². The van der Waals surface area contributed by atoms with Gasteiger partial charge in [-0.1, -0.05) is 25.4 Å². The maximum atomic E-state index is 14.2. The number of aryl methyl sites for hydroxylation is 1. The van der Waals surface area contributed by atoms with E-state index in [0.717, 1.165) is 11.4 Å². The average molecular weight is 552 g/mol. The SMILES string of the molecule is Cc1ncc(N2CCN(C(=O)c3ccc4c(n3)C(C)(C)CN4c3ccc(Cl)c(F)c3)C(C)(C)C2)cc1C(=O)O. The number of pyridine rings is 2. The Balaban J connectivity index is 1.40. The predicted octanol–water partition coefficient (Wildman–Crippen LogP) is 5.45. The molecule has 1 amide bonds. The van der Waals surface area contributed by atoms with Crippen LogP contribution in [0.5, 0.6) is 0 Å². The molecule has 0 atom stereocenters. The summed E-state index contributed by atoms with van der Waals surface area (Å²) in [6, 6.07) is 9.98. The van der Waals surface area contributed by atoms with E-state index in [0.29, 0.717) is 48.9 Å². The number of fused-ring (bicyclic) bond motifs is 1. The Bertz CT molecular complexity index is 1490. The molecule has 0 bridgehead atoms. The van der Waals surface area contributed by atoms with Gasteiger partial charge in [0.1, 0.15) is 11.5 Å². The largest absolute Gasteiger partial charge is 0.478 e. The van der Waals surface area contributed by atoms with Crippen LogP contribution in [-0.2, 0) is 5.41 Å². The average Bonchev–Trinajstić information content (AvgIpc) is 3.15. The van der Waals surface area contributed by atoms with Crippen molar-refractivity contribution in [3.05, 3.63) is 76.1 Å². The van der Waals surface area contributed by atoms with Crippen LogP contribution in [0, 0.1) is 12.7 Å². The zero-order valence-electron chi connectivity index (χ0n) is 22.6. The smallest absolute Gasteiger partial charge is 0.337 e. The molecule has 10 heteroatoms. The number of aromatic nitrogens is 2. The second kappa shape index (κ2) is 9.48. The first-order chi connectivity index (χ1) is 18.3. The van der Waals surface area contributed by atoms with Gasteiger partial charge in [-0.2, -0.15) is 0 Å². The minimum atomic E-state index is -1.01. The molecule has 5 rings (SSSR count). The fraction of sp³-hybridized carbons (Fsp3) is 0.379. The quantitative estimate of drug-likeness (QED) is 0.461. The maximum Gasteiger partial charge on any atom is 0.337 e. The molecule has 0 spiro atoms. The van der Waals surface area contributed by atoms with E-state index in [1.165, 1.54) is 6.07 Å². The van der Waals surface area contributed by atoms with Gasteiger partial charge in [0.05, 0.1) is 45.1 Å². The molecule has 1 N–H and O–H groups in total. The lowest BCUT2D eigenvalue weighted by Gasteiger charge is -2.47. The fourth-order valence-electron chi connectivity index (χ4n) is 5.53. The molecule has 1 saturated heterocycles. The van der Waals surface area contributed by atoms with Gasteiger partial charge in [0.15, 0.2) is 0 Å². The number of amides is 1. The number of anilines is 3. The molecule has 2 aromatic heterocycles. The zero-order chi connectivity index (χ0) is 28.3. The summed E-state index contributed by atoms with van der Waals surface area (Å²) < 4.78 is 14.2. The van der Waals surface area contributed by atoms with Crippen molar-refractivity contribution >= 4 is 40.5 Å². The molecule has 1 aromatic carbocycles. The highest BCUT2D eigenvalue weighted by Gasteiger charge is 2.41. The number of hydrogen-bond donors (Lipinski definition) is 1. The van der Waals surface area contributed by atoms with Crippen molar-refractivity contribution in [3.63, 3.8) is 0 Å². The van der Waals surface area contributed by atoms with E-state index in [2.05, 4.69) is 23.7 Å². The summed E-state index contributed by atoms with van der Waals surface area (Å²) in [6.07, 6.45) is 1.68. The van der Waals surface area contributed by atoms with Crippen LogP contribution < -0.4 is 9.80 Å². The Morgan fingerprint density at radius 2 is 1.77 bits per heavy atom. The lowest BCUT2D eigenvalue weighted by atomic mass is 9.91. The van der Waals surface area contributed by atoms with Crippen molar-refractivity contribution < 1.29 is 19.1 Å². The summed E-state index contributed by atoms with van der Waals surface area (Å²) in [7, 11) is 0. The van der Waals surface area contributed by atoms with Crippen LogP contribution in [0.2, 0.25) is 5.02 Å². The van der Waals surface area contributed by atoms with E-state index >= 15 is 0 Å². The molecular weight excluding hydrogens is 521 g/mol. The monoisotopic (exact) mass is 551 g/mol. The summed E-state index contributed by atoms with van der Waals surface area (Å²) in [5.41, 5.74) is 3.10. The second-order valence-electron chi connectivity index (χ2n) is 11.5. The van der Waals surface area contributed by atoms with Crippen molar-refractivity contribution in [3.8, 4) is 0 Å². The van der Waals surface area contributed by atoms with E-state index in [1.54, 1.807) is 37.4 Å². The Morgan fingerprint density at radius 1 is 1.03 bits per heavy atom. The number of nitrogens with zero attached hydrogens (tertiary/aromatic N) is 5. The minimum absolute atomic E-state index is 0.0696. The molecule has 39 heavy (non-hydrogen) atoms. The summed E-state index contributed by atoms with van der Waals surface area (Å²) in [4.78, 5) is 40.4. The number of rotatable bonds is 4. The van der Waals surface area contributed by atoms with Gasteiger partial charge in [0, 0.05) is 37.3 Å². The topological polar surface area (TPSA) is 89.9 Å². The number of halogens is 2. The normalized spacial score (nSPS) is 17.8. The standard InChI is InChI=1S/C29H31ClFN5O3/c1-17-20(27(38)39)12-19(14-32-17)34-10-11-36(29(4,5)16-34)26(37)23-8-9-24-25(33-23)28(2,3)15-35(24)18-6-7-21(30)22(31)13-18/h6-9,12-14H,10-11,15-16H2,1-5H3,(H,38,39). The Kier molecular flexibility index (Phi) is 6.53. The number of carbonyl (C=O) groups excluding carboxylic acids is 1. The molecule has 2 aliphatic heterocycles. The van der Waals surface area contributed by atoms with Gasteiger partial charge >= 0.3 is 5.97 Å². The molecule has 204 valence electrons. The van der Waals surface area contributed by atoms with E-state index in [1.807, 2.05) is 29.7 Å². The summed E-state index contributed by atoms with van der Waals surface area (Å²) in [6.45, 7) is 11.8. The van der Waals surface area contributed by atoms with Crippen LogP contribution in [0.4, 0.5) is 21.5 Å². The summed E-state index contributed by atoms with van der Waals surface area (Å²) in [5.74, 6) is -1.66. The maximum absolute atomic E-state index is 14.2. The van der Waals surface area contributed by atoms with Gasteiger partial charge in [-0.25, -0.2) is 14.2 Å². The minimum Gasteiger partial charge on any atom is -0.478 e. The highest BCUT2D eigenvalue weighted by molar-refractivity contribution is 6.30. The zero-order valence-corrected chi connectivity index (χ0v) is 23.4. The number of aromatic carboxylic acids is 1. The number of carboxylic acids is 1. The number of benzene rings is 1. The lowest BCUT2D eigenvalue weighted by Crippen LogP contribution is -2.61. The first kappa shape index (κ1) is 26.9. The molecule has 2 aliphatic rings. The van der Waals surface area contributed by atoms with Crippen molar-refractivity contribution in [2.24, 2.45) is 0 Å². The van der Waals surface area contributed by atoms with Gasteiger partial charge in [-0.05, 0) is 57.2 Å². The van der Waals surface area contributed by atoms with E-state index in [9.17, 15) is 19.1 Å². The van der Waals surface area contributed by atoms with E-state index in [-0.39, 0.29) is 21.9 Å². The van der Waals surface area contributed by atoms with Crippen LogP contribution in [0.15, 0.2) is 42.6 Å². The number of hydrogen-bond acceptors (Lipinski definition) is 6. The molecule has 0 radical (unpaired) electrons. The van der Waals surface area contributed by atoms with Crippen LogP contribution in [0.3, 0.4) is 0 Å². The number of carboxylic acid groups (broad SMARTS) is 1. The van der Waals surface area contributed by atoms with Gasteiger partial charge in [-0.15, -0.1) is 0 Å². The number of piperazine rings is 1. The Labute approximate surface area is 232 Å². The van der Waals surface area contributed by atoms with Crippen molar-refractivity contribution in [1.82, 2.24) is 14.9 Å². The third-order valence-corrected chi connectivity index (χ3v) is 7.91. The van der Waals surface area contributed by atoms with Gasteiger partial charge in [-0.3, -0.25) is 9.78 Å². The first-order valence-corrected chi connectivity index (χ1v) is 13.2. The highest BCUT2D eigenvalue weighted by atomic mass is 35.5. The lowest BCUT2D eigenvalue weighted by molar-refractivity contribution is 0.0508. The van der Waals surface area contributed by atoms with Crippen LogP contribution >= 0.6 is 11.6 Å². The van der Waals surface area contributed by atoms with E-state index < -0.39 is 17.3 Å². The molecule has 1 fully saturated rings. The highest BCUT2D eigenvalue weighted by Crippen LogP contribution is 2.44. The van der Waals surface area contributed by atoms with E-state index in [4.69, 9.17) is 16.6 Å². The van der Waals surface area contributed by atoms with Gasteiger partial charge < -0.3 is 19.8 Å². The van der Waals surface area contributed by atoms with Crippen molar-refractivity contribution in [1.29, 1.82) is 0 Å². The predicted molar refractivity (Wildman–Crippen MR) is 149 cm³/mol. The first-order valence-electron chi connectivity index (χ1n) is 12.8. The Hall–Kier alpha value is -3.72. The molecule has 4 heterocycles. The Morgan fingerprint density at radius 3 is 2.44 bits per heavy atom. The summed E-state index contributed by atoms with van der Waals surface area (Å²) in [5, 5.41) is 9.57. The molecule has 0 saturated carbocycles. The molecule has 0 unspecified atom stereocenters. The third-order valence-electron chi connectivity index (χ3n) is 7.61.